The van der Waals surface area contributed by atoms with Gasteiger partial charge in [-0.2, -0.15) is 0 Å². The lowest BCUT2D eigenvalue weighted by Gasteiger charge is -2.16. The zero-order chi connectivity index (χ0) is 22.9. The molecule has 0 unspecified atom stereocenters. The molecule has 0 radical (unpaired) electrons. The highest BCUT2D eigenvalue weighted by atomic mass is 32.2. The Balaban J connectivity index is 2.01. The van der Waals surface area contributed by atoms with E-state index in [0.29, 0.717) is 21.8 Å². The lowest BCUT2D eigenvalue weighted by atomic mass is 10.0. The van der Waals surface area contributed by atoms with Gasteiger partial charge in [0.2, 0.25) is 5.91 Å². The van der Waals surface area contributed by atoms with E-state index in [0.717, 1.165) is 33.4 Å². The first-order valence-electron chi connectivity index (χ1n) is 10.2. The van der Waals surface area contributed by atoms with E-state index in [2.05, 4.69) is 24.1 Å². The van der Waals surface area contributed by atoms with Crippen molar-refractivity contribution in [2.75, 3.05) is 11.1 Å². The van der Waals surface area contributed by atoms with Crippen LogP contribution in [-0.4, -0.2) is 25.8 Å². The standard InChI is InChI=1S/C23H28N4O3S/c1-13(2)9-16-11-24-21-19(22(29)27(6)23(30)26(21)5)20(16)31-12-18(28)25-17-10-14(3)7-8-15(17)4/h7-8,10-11,13H,9,12H2,1-6H3,(H,25,28). The number of benzene rings is 1. The zero-order valence-electron chi connectivity index (χ0n) is 18.8. The molecule has 0 aliphatic rings. The summed E-state index contributed by atoms with van der Waals surface area (Å²) in [6.07, 6.45) is 2.43. The molecule has 7 nitrogen and oxygen atoms in total. The van der Waals surface area contributed by atoms with Gasteiger partial charge in [-0.1, -0.05) is 26.0 Å². The molecule has 1 N–H and O–H groups in total. The van der Waals surface area contributed by atoms with Crippen molar-refractivity contribution in [2.45, 2.75) is 39.0 Å². The maximum atomic E-state index is 13.0. The highest BCUT2D eigenvalue weighted by Gasteiger charge is 2.19. The molecule has 31 heavy (non-hydrogen) atoms. The van der Waals surface area contributed by atoms with Gasteiger partial charge < -0.3 is 5.32 Å². The van der Waals surface area contributed by atoms with E-state index in [1.807, 2.05) is 32.0 Å². The van der Waals surface area contributed by atoms with E-state index in [4.69, 9.17) is 0 Å². The molecule has 8 heteroatoms. The van der Waals surface area contributed by atoms with Gasteiger partial charge >= 0.3 is 5.69 Å². The summed E-state index contributed by atoms with van der Waals surface area (Å²) in [6, 6.07) is 5.91. The third-order valence-electron chi connectivity index (χ3n) is 5.14. The number of rotatable bonds is 6. The van der Waals surface area contributed by atoms with Crippen LogP contribution >= 0.6 is 11.8 Å². The van der Waals surface area contributed by atoms with Crippen LogP contribution in [0.15, 0.2) is 38.9 Å². The number of hydrogen-bond acceptors (Lipinski definition) is 5. The van der Waals surface area contributed by atoms with Gasteiger partial charge in [-0.05, 0) is 48.9 Å². The Bertz CT molecular complexity index is 1270. The quantitative estimate of drug-likeness (QED) is 0.595. The fraction of sp³-hybridized carbons (Fsp3) is 0.391. The summed E-state index contributed by atoms with van der Waals surface area (Å²) in [5.74, 6) is 0.336. The van der Waals surface area contributed by atoms with Crippen molar-refractivity contribution in [2.24, 2.45) is 20.0 Å². The van der Waals surface area contributed by atoms with Crippen molar-refractivity contribution >= 4 is 34.4 Å². The van der Waals surface area contributed by atoms with Crippen LogP contribution in [0.1, 0.15) is 30.5 Å². The fourth-order valence-electron chi connectivity index (χ4n) is 3.49. The molecule has 0 saturated heterocycles. The number of amides is 1. The molecule has 0 saturated carbocycles. The van der Waals surface area contributed by atoms with E-state index in [1.165, 1.54) is 23.4 Å². The Hall–Kier alpha value is -2.87. The first kappa shape index (κ1) is 22.8. The highest BCUT2D eigenvalue weighted by Crippen LogP contribution is 2.30. The summed E-state index contributed by atoms with van der Waals surface area (Å²) < 4.78 is 2.46. The Morgan fingerprint density at radius 1 is 1.16 bits per heavy atom. The Kier molecular flexibility index (Phi) is 6.69. The maximum Gasteiger partial charge on any atom is 0.332 e. The lowest BCUT2D eigenvalue weighted by molar-refractivity contribution is -0.113. The second kappa shape index (κ2) is 9.09. The highest BCUT2D eigenvalue weighted by molar-refractivity contribution is 8.00. The Morgan fingerprint density at radius 3 is 2.55 bits per heavy atom. The maximum absolute atomic E-state index is 13.0. The van der Waals surface area contributed by atoms with Gasteiger partial charge in [-0.15, -0.1) is 11.8 Å². The zero-order valence-corrected chi connectivity index (χ0v) is 19.6. The molecule has 2 aromatic heterocycles. The summed E-state index contributed by atoms with van der Waals surface area (Å²) in [4.78, 5) is 43.1. The average Bonchev–Trinajstić information content (AvgIpc) is 2.71. The van der Waals surface area contributed by atoms with Crippen LogP contribution in [-0.2, 0) is 25.3 Å². The predicted octanol–water partition coefficient (Wildman–Crippen LogP) is 3.18. The molecular formula is C23H28N4O3S. The number of aryl methyl sites for hydroxylation is 3. The predicted molar refractivity (Wildman–Crippen MR) is 126 cm³/mol. The number of carbonyl (C=O) groups excluding carboxylic acids is 1. The number of anilines is 1. The molecule has 0 bridgehead atoms. The third-order valence-corrected chi connectivity index (χ3v) is 6.30. The Morgan fingerprint density at radius 2 is 1.87 bits per heavy atom. The molecule has 0 fully saturated rings. The summed E-state index contributed by atoms with van der Waals surface area (Å²) in [7, 11) is 3.06. The molecule has 0 aliphatic carbocycles. The van der Waals surface area contributed by atoms with Crippen LogP contribution in [0.3, 0.4) is 0 Å². The molecule has 0 aliphatic heterocycles. The Labute approximate surface area is 185 Å². The van der Waals surface area contributed by atoms with Gasteiger partial charge in [0.15, 0.2) is 0 Å². The van der Waals surface area contributed by atoms with Crippen LogP contribution < -0.4 is 16.6 Å². The minimum Gasteiger partial charge on any atom is -0.325 e. The van der Waals surface area contributed by atoms with Crippen molar-refractivity contribution in [1.29, 1.82) is 0 Å². The van der Waals surface area contributed by atoms with Gasteiger partial charge in [-0.3, -0.25) is 18.7 Å². The van der Waals surface area contributed by atoms with E-state index >= 15 is 0 Å². The van der Waals surface area contributed by atoms with Crippen LogP contribution in [0.5, 0.6) is 0 Å². The van der Waals surface area contributed by atoms with Crippen LogP contribution in [0.25, 0.3) is 11.0 Å². The van der Waals surface area contributed by atoms with Gasteiger partial charge in [0.1, 0.15) is 5.65 Å². The molecule has 164 valence electrons. The molecule has 0 spiro atoms. The number of nitrogens with one attached hydrogen (secondary N) is 1. The minimum atomic E-state index is -0.426. The molecule has 3 rings (SSSR count). The van der Waals surface area contributed by atoms with Crippen molar-refractivity contribution in [3.63, 3.8) is 0 Å². The average molecular weight is 441 g/mol. The second-order valence-corrected chi connectivity index (χ2v) is 9.26. The third kappa shape index (κ3) is 4.74. The van der Waals surface area contributed by atoms with Crippen molar-refractivity contribution in [3.8, 4) is 0 Å². The SMILES string of the molecule is Cc1ccc(C)c(NC(=O)CSc2c(CC(C)C)cnc3c2c(=O)n(C)c(=O)n3C)c1. The van der Waals surface area contributed by atoms with Crippen LogP contribution in [0.4, 0.5) is 5.69 Å². The fourth-order valence-corrected chi connectivity index (χ4v) is 4.48. The monoisotopic (exact) mass is 440 g/mol. The van der Waals surface area contributed by atoms with Gasteiger partial charge in [0, 0.05) is 30.9 Å². The van der Waals surface area contributed by atoms with Crippen LogP contribution in [0.2, 0.25) is 0 Å². The summed E-state index contributed by atoms with van der Waals surface area (Å²) in [6.45, 7) is 8.10. The smallest absolute Gasteiger partial charge is 0.325 e. The number of fused-ring (bicyclic) bond motifs is 1. The number of thioether (sulfide) groups is 1. The van der Waals surface area contributed by atoms with Crippen molar-refractivity contribution in [1.82, 2.24) is 14.1 Å². The summed E-state index contributed by atoms with van der Waals surface area (Å²) >= 11 is 1.31. The molecule has 2 heterocycles. The molecule has 1 amide bonds. The normalized spacial score (nSPS) is 11.3. The molecular weight excluding hydrogens is 412 g/mol. The van der Waals surface area contributed by atoms with E-state index in [9.17, 15) is 14.4 Å². The van der Waals surface area contributed by atoms with Gasteiger partial charge in [-0.25, -0.2) is 9.78 Å². The van der Waals surface area contributed by atoms with E-state index < -0.39 is 11.2 Å². The lowest BCUT2D eigenvalue weighted by Crippen LogP contribution is -2.37. The van der Waals surface area contributed by atoms with E-state index in [1.54, 1.807) is 13.2 Å². The largest absolute Gasteiger partial charge is 0.332 e. The molecule has 1 aromatic carbocycles. The first-order valence-corrected chi connectivity index (χ1v) is 11.2. The minimum absolute atomic E-state index is 0.142. The number of nitrogens with zero attached hydrogens (tertiary/aromatic N) is 3. The van der Waals surface area contributed by atoms with Crippen LogP contribution in [0, 0.1) is 19.8 Å². The number of hydrogen-bond donors (Lipinski definition) is 1. The van der Waals surface area contributed by atoms with Crippen molar-refractivity contribution < 1.29 is 4.79 Å². The van der Waals surface area contributed by atoms with Gasteiger partial charge in [0.25, 0.3) is 5.56 Å². The summed E-state index contributed by atoms with van der Waals surface area (Å²) in [5.41, 5.74) is 3.26. The number of aromatic nitrogens is 3. The van der Waals surface area contributed by atoms with Gasteiger partial charge in [0.05, 0.1) is 11.1 Å². The topological polar surface area (TPSA) is 86.0 Å². The molecule has 0 atom stereocenters. The summed E-state index contributed by atoms with van der Waals surface area (Å²) in [5, 5.41) is 3.34. The number of carbonyl (C=O) groups is 1. The molecule has 3 aromatic rings. The van der Waals surface area contributed by atoms with Crippen molar-refractivity contribution in [3.05, 3.63) is 61.9 Å². The first-order chi connectivity index (χ1) is 14.6. The van der Waals surface area contributed by atoms with E-state index in [-0.39, 0.29) is 11.7 Å². The number of pyridine rings is 1. The second-order valence-electron chi connectivity index (χ2n) is 8.27.